The number of nitriles is 1. The number of hydrogen-bond donors (Lipinski definition) is 2. The lowest BCUT2D eigenvalue weighted by Gasteiger charge is -2.35. The Morgan fingerprint density at radius 1 is 1.56 bits per heavy atom. The van der Waals surface area contributed by atoms with Gasteiger partial charge < -0.3 is 10.4 Å². The van der Waals surface area contributed by atoms with Crippen molar-refractivity contribution in [3.63, 3.8) is 0 Å². The minimum atomic E-state index is -0.693. The van der Waals surface area contributed by atoms with Crippen LogP contribution in [-0.4, -0.2) is 27.2 Å². The van der Waals surface area contributed by atoms with Gasteiger partial charge in [-0.25, -0.2) is 9.97 Å². The fourth-order valence-electron chi connectivity index (χ4n) is 2.59. The summed E-state index contributed by atoms with van der Waals surface area (Å²) in [5.74, 6) is 0.995. The van der Waals surface area contributed by atoms with Crippen LogP contribution in [0.4, 0.5) is 5.82 Å². The molecule has 0 amide bonds. The third-order valence-electron chi connectivity index (χ3n) is 3.46. The van der Waals surface area contributed by atoms with Crippen LogP contribution in [0.2, 0.25) is 0 Å². The monoisotopic (exact) mass is 246 g/mol. The molecule has 0 radical (unpaired) electrons. The molecule has 1 aromatic heterocycles. The largest absolute Gasteiger partial charge is 0.388 e. The van der Waals surface area contributed by atoms with Crippen molar-refractivity contribution in [1.29, 1.82) is 5.26 Å². The molecular weight excluding hydrogens is 228 g/mol. The van der Waals surface area contributed by atoms with Crippen LogP contribution in [0, 0.1) is 17.2 Å². The van der Waals surface area contributed by atoms with Gasteiger partial charge in [0.25, 0.3) is 0 Å². The van der Waals surface area contributed by atoms with Gasteiger partial charge in [-0.3, -0.25) is 0 Å². The highest BCUT2D eigenvalue weighted by molar-refractivity contribution is 5.46. The number of rotatable bonds is 3. The van der Waals surface area contributed by atoms with Gasteiger partial charge in [0.15, 0.2) is 11.5 Å². The topological polar surface area (TPSA) is 81.8 Å². The normalized spacial score (nSPS) is 27.5. The van der Waals surface area contributed by atoms with Crippen LogP contribution in [-0.2, 0) is 0 Å². The Balaban J connectivity index is 2.01. The number of nitrogens with one attached hydrogen (secondary N) is 1. The molecule has 1 fully saturated rings. The van der Waals surface area contributed by atoms with E-state index in [0.717, 1.165) is 19.3 Å². The van der Waals surface area contributed by atoms with Crippen molar-refractivity contribution in [3.05, 3.63) is 18.1 Å². The molecule has 5 nitrogen and oxygen atoms in total. The second-order valence-corrected chi connectivity index (χ2v) is 5.14. The van der Waals surface area contributed by atoms with E-state index in [2.05, 4.69) is 22.2 Å². The number of aliphatic hydroxyl groups is 1. The van der Waals surface area contributed by atoms with Gasteiger partial charge in [0, 0.05) is 18.9 Å². The average Bonchev–Trinajstić information content (AvgIpc) is 2.36. The van der Waals surface area contributed by atoms with Gasteiger partial charge in [-0.2, -0.15) is 5.26 Å². The van der Waals surface area contributed by atoms with Crippen LogP contribution in [0.3, 0.4) is 0 Å². The van der Waals surface area contributed by atoms with Crippen LogP contribution in [0.5, 0.6) is 0 Å². The predicted octanol–water partition coefficient (Wildman–Crippen LogP) is 1.70. The number of anilines is 1. The van der Waals surface area contributed by atoms with Crippen LogP contribution in [0.1, 0.15) is 38.3 Å². The van der Waals surface area contributed by atoms with Gasteiger partial charge in [0.2, 0.25) is 0 Å². The molecule has 1 aromatic rings. The third kappa shape index (κ3) is 2.96. The number of aromatic nitrogens is 2. The second kappa shape index (κ2) is 5.32. The fraction of sp³-hybridized carbons (Fsp3) is 0.615. The Hall–Kier alpha value is -1.67. The van der Waals surface area contributed by atoms with Crippen molar-refractivity contribution in [3.8, 4) is 6.07 Å². The Morgan fingerprint density at radius 3 is 3.06 bits per heavy atom. The molecule has 1 saturated carbocycles. The van der Waals surface area contributed by atoms with Crippen LogP contribution < -0.4 is 5.32 Å². The van der Waals surface area contributed by atoms with E-state index in [1.54, 1.807) is 0 Å². The minimum absolute atomic E-state index is 0.268. The Bertz CT molecular complexity index is 457. The lowest BCUT2D eigenvalue weighted by Crippen LogP contribution is -2.41. The highest BCUT2D eigenvalue weighted by atomic mass is 16.3. The first-order valence-corrected chi connectivity index (χ1v) is 6.30. The predicted molar refractivity (Wildman–Crippen MR) is 67.8 cm³/mol. The van der Waals surface area contributed by atoms with Gasteiger partial charge in [0.05, 0.1) is 5.60 Å². The van der Waals surface area contributed by atoms with Gasteiger partial charge in [-0.1, -0.05) is 19.8 Å². The van der Waals surface area contributed by atoms with E-state index in [-0.39, 0.29) is 5.69 Å². The van der Waals surface area contributed by atoms with Gasteiger partial charge in [0.1, 0.15) is 6.07 Å². The Kier molecular flexibility index (Phi) is 3.78. The molecule has 2 unspecified atom stereocenters. The first kappa shape index (κ1) is 12.8. The zero-order chi connectivity index (χ0) is 13.0. The first-order chi connectivity index (χ1) is 8.63. The molecule has 96 valence electrons. The molecule has 0 saturated heterocycles. The SMILES string of the molecule is CC1CCCC(O)(CNc2nccnc2C#N)C1. The van der Waals surface area contributed by atoms with E-state index in [1.807, 2.05) is 6.07 Å². The first-order valence-electron chi connectivity index (χ1n) is 6.30. The molecule has 0 aromatic carbocycles. The van der Waals surface area contributed by atoms with E-state index in [4.69, 9.17) is 5.26 Å². The Labute approximate surface area is 107 Å². The molecule has 0 aliphatic heterocycles. The van der Waals surface area contributed by atoms with Crippen molar-refractivity contribution in [1.82, 2.24) is 9.97 Å². The maximum absolute atomic E-state index is 10.5. The smallest absolute Gasteiger partial charge is 0.182 e. The molecule has 5 heteroatoms. The molecule has 2 rings (SSSR count). The van der Waals surface area contributed by atoms with Crippen LogP contribution in [0.15, 0.2) is 12.4 Å². The van der Waals surface area contributed by atoms with Gasteiger partial charge >= 0.3 is 0 Å². The standard InChI is InChI=1S/C13H18N4O/c1-10-3-2-4-13(18,7-10)9-17-12-11(8-14)15-5-6-16-12/h5-6,10,18H,2-4,7,9H2,1H3,(H,16,17). The summed E-state index contributed by atoms with van der Waals surface area (Å²) >= 11 is 0. The highest BCUT2D eigenvalue weighted by Crippen LogP contribution is 2.32. The zero-order valence-electron chi connectivity index (χ0n) is 10.6. The minimum Gasteiger partial charge on any atom is -0.388 e. The summed E-state index contributed by atoms with van der Waals surface area (Å²) < 4.78 is 0. The van der Waals surface area contributed by atoms with E-state index in [1.165, 1.54) is 18.8 Å². The molecule has 1 heterocycles. The fourth-order valence-corrected chi connectivity index (χ4v) is 2.59. The maximum atomic E-state index is 10.5. The lowest BCUT2D eigenvalue weighted by molar-refractivity contribution is -0.000833. The molecule has 1 aliphatic rings. The molecular formula is C13H18N4O. The summed E-state index contributed by atoms with van der Waals surface area (Å²) in [7, 11) is 0. The third-order valence-corrected chi connectivity index (χ3v) is 3.46. The van der Waals surface area contributed by atoms with Crippen molar-refractivity contribution < 1.29 is 5.11 Å². The summed E-state index contributed by atoms with van der Waals surface area (Å²) in [6.45, 7) is 2.58. The second-order valence-electron chi connectivity index (χ2n) is 5.14. The molecule has 0 spiro atoms. The average molecular weight is 246 g/mol. The molecule has 1 aliphatic carbocycles. The van der Waals surface area contributed by atoms with Crippen LogP contribution in [0.25, 0.3) is 0 Å². The Morgan fingerprint density at radius 2 is 2.33 bits per heavy atom. The lowest BCUT2D eigenvalue weighted by atomic mass is 9.79. The molecule has 2 N–H and O–H groups in total. The molecule has 2 atom stereocenters. The van der Waals surface area contributed by atoms with Crippen LogP contribution >= 0.6 is 0 Å². The maximum Gasteiger partial charge on any atom is 0.182 e. The highest BCUT2D eigenvalue weighted by Gasteiger charge is 2.32. The summed E-state index contributed by atoms with van der Waals surface area (Å²) in [4.78, 5) is 8.01. The summed E-state index contributed by atoms with van der Waals surface area (Å²) in [6, 6.07) is 1.99. The summed E-state index contributed by atoms with van der Waals surface area (Å²) in [5.41, 5.74) is -0.424. The van der Waals surface area contributed by atoms with Gasteiger partial charge in [-0.15, -0.1) is 0 Å². The van der Waals surface area contributed by atoms with Crippen molar-refractivity contribution in [2.45, 2.75) is 38.2 Å². The van der Waals surface area contributed by atoms with E-state index < -0.39 is 5.60 Å². The van der Waals surface area contributed by atoms with E-state index in [0.29, 0.717) is 18.3 Å². The van der Waals surface area contributed by atoms with Gasteiger partial charge in [-0.05, 0) is 18.8 Å². The summed E-state index contributed by atoms with van der Waals surface area (Å²) in [6.07, 6.45) is 6.84. The molecule has 18 heavy (non-hydrogen) atoms. The quantitative estimate of drug-likeness (QED) is 0.848. The van der Waals surface area contributed by atoms with Crippen molar-refractivity contribution in [2.24, 2.45) is 5.92 Å². The van der Waals surface area contributed by atoms with E-state index >= 15 is 0 Å². The number of nitrogens with zero attached hydrogens (tertiary/aromatic N) is 3. The van der Waals surface area contributed by atoms with Crippen molar-refractivity contribution in [2.75, 3.05) is 11.9 Å². The molecule has 0 bridgehead atoms. The number of hydrogen-bond acceptors (Lipinski definition) is 5. The van der Waals surface area contributed by atoms with Crippen molar-refractivity contribution >= 4 is 5.82 Å². The summed E-state index contributed by atoms with van der Waals surface area (Å²) in [5, 5.41) is 22.4. The zero-order valence-corrected chi connectivity index (χ0v) is 10.6. The van der Waals surface area contributed by atoms with E-state index in [9.17, 15) is 5.11 Å².